The lowest BCUT2D eigenvalue weighted by atomic mass is 9.96. The van der Waals surface area contributed by atoms with Crippen LogP contribution in [0.5, 0.6) is 0 Å². The van der Waals surface area contributed by atoms with Crippen LogP contribution in [0.4, 0.5) is 21.8 Å². The summed E-state index contributed by atoms with van der Waals surface area (Å²) in [4.78, 5) is 13.6. The Bertz CT molecular complexity index is 939. The average Bonchev–Trinajstić information content (AvgIpc) is 2.71. The van der Waals surface area contributed by atoms with E-state index >= 15 is 0 Å². The molecule has 1 fully saturated rings. The Kier molecular flexibility index (Phi) is 5.46. The monoisotopic (exact) mass is 377 g/mol. The van der Waals surface area contributed by atoms with Gasteiger partial charge in [0.05, 0.1) is 5.69 Å². The standard InChI is InChI=1S/C22H24FN5/c1-15-12-17(23)9-10-19(15)26-21-13-20(16-6-5-11-24-14-16)27-22(28-21)25-18-7-3-2-4-8-18/h5-6,9-14,18H,2-4,7-8H2,1H3,(H2,25,26,27,28). The molecule has 0 unspecified atom stereocenters. The van der Waals surface area contributed by atoms with Crippen LogP contribution in [0, 0.1) is 12.7 Å². The van der Waals surface area contributed by atoms with Gasteiger partial charge in [-0.15, -0.1) is 0 Å². The second-order valence-electron chi connectivity index (χ2n) is 7.27. The predicted molar refractivity (Wildman–Crippen MR) is 110 cm³/mol. The first-order chi connectivity index (χ1) is 13.7. The van der Waals surface area contributed by atoms with Gasteiger partial charge in [0.15, 0.2) is 0 Å². The van der Waals surface area contributed by atoms with E-state index < -0.39 is 0 Å². The number of hydrogen-bond donors (Lipinski definition) is 2. The van der Waals surface area contributed by atoms with Crippen LogP contribution >= 0.6 is 0 Å². The summed E-state index contributed by atoms with van der Waals surface area (Å²) in [5.74, 6) is 1.03. The molecule has 144 valence electrons. The van der Waals surface area contributed by atoms with E-state index in [1.807, 2.05) is 25.1 Å². The Morgan fingerprint density at radius 1 is 1.04 bits per heavy atom. The third kappa shape index (κ3) is 4.44. The number of nitrogens with one attached hydrogen (secondary N) is 2. The van der Waals surface area contributed by atoms with Crippen LogP contribution in [0.1, 0.15) is 37.7 Å². The number of anilines is 3. The highest BCUT2D eigenvalue weighted by Crippen LogP contribution is 2.27. The smallest absolute Gasteiger partial charge is 0.225 e. The van der Waals surface area contributed by atoms with Crippen molar-refractivity contribution in [3.63, 3.8) is 0 Å². The summed E-state index contributed by atoms with van der Waals surface area (Å²) >= 11 is 0. The van der Waals surface area contributed by atoms with Crippen LogP contribution in [0.3, 0.4) is 0 Å². The third-order valence-electron chi connectivity index (χ3n) is 5.07. The molecule has 0 spiro atoms. The molecule has 0 bridgehead atoms. The lowest BCUT2D eigenvalue weighted by molar-refractivity contribution is 0.461. The van der Waals surface area contributed by atoms with Crippen molar-refractivity contribution in [2.24, 2.45) is 0 Å². The van der Waals surface area contributed by atoms with E-state index in [1.165, 1.54) is 31.4 Å². The maximum Gasteiger partial charge on any atom is 0.225 e. The van der Waals surface area contributed by atoms with Crippen LogP contribution in [0.25, 0.3) is 11.3 Å². The average molecular weight is 377 g/mol. The minimum Gasteiger partial charge on any atom is -0.351 e. The summed E-state index contributed by atoms with van der Waals surface area (Å²) in [6, 6.07) is 10.8. The SMILES string of the molecule is Cc1cc(F)ccc1Nc1cc(-c2cccnc2)nc(NC2CCCCC2)n1. The fourth-order valence-electron chi connectivity index (χ4n) is 3.57. The van der Waals surface area contributed by atoms with E-state index in [4.69, 9.17) is 4.98 Å². The molecule has 1 aliphatic carbocycles. The lowest BCUT2D eigenvalue weighted by Crippen LogP contribution is -2.23. The second-order valence-corrected chi connectivity index (χ2v) is 7.27. The Morgan fingerprint density at radius 3 is 2.64 bits per heavy atom. The molecule has 2 aromatic heterocycles. The largest absolute Gasteiger partial charge is 0.351 e. The minimum absolute atomic E-state index is 0.249. The molecule has 0 saturated heterocycles. The van der Waals surface area contributed by atoms with Crippen molar-refractivity contribution < 1.29 is 4.39 Å². The van der Waals surface area contributed by atoms with Crippen LogP contribution in [0.2, 0.25) is 0 Å². The van der Waals surface area contributed by atoms with Gasteiger partial charge in [-0.05, 0) is 55.7 Å². The van der Waals surface area contributed by atoms with Crippen LogP contribution < -0.4 is 10.6 Å². The lowest BCUT2D eigenvalue weighted by Gasteiger charge is -2.23. The summed E-state index contributed by atoms with van der Waals surface area (Å²) in [6.45, 7) is 1.87. The minimum atomic E-state index is -0.249. The van der Waals surface area contributed by atoms with E-state index in [0.29, 0.717) is 17.8 Å². The predicted octanol–water partition coefficient (Wildman–Crippen LogP) is 5.47. The molecule has 1 aromatic carbocycles. The number of halogens is 1. The molecule has 2 N–H and O–H groups in total. The van der Waals surface area contributed by atoms with Crippen LogP contribution in [-0.2, 0) is 0 Å². The highest BCUT2D eigenvalue weighted by molar-refractivity contribution is 5.68. The first-order valence-electron chi connectivity index (χ1n) is 9.76. The number of aryl methyl sites for hydroxylation is 1. The first kappa shape index (κ1) is 18.3. The van der Waals surface area contributed by atoms with Gasteiger partial charge in [0.1, 0.15) is 11.6 Å². The Morgan fingerprint density at radius 2 is 1.89 bits per heavy atom. The number of benzene rings is 1. The zero-order chi connectivity index (χ0) is 19.3. The van der Waals surface area contributed by atoms with E-state index in [1.54, 1.807) is 18.5 Å². The molecular weight excluding hydrogens is 353 g/mol. The zero-order valence-corrected chi connectivity index (χ0v) is 16.0. The van der Waals surface area contributed by atoms with Crippen molar-refractivity contribution in [1.29, 1.82) is 0 Å². The molecule has 1 saturated carbocycles. The van der Waals surface area contributed by atoms with Gasteiger partial charge >= 0.3 is 0 Å². The summed E-state index contributed by atoms with van der Waals surface area (Å²) in [6.07, 6.45) is 9.58. The number of nitrogens with zero attached hydrogens (tertiary/aromatic N) is 3. The Balaban J connectivity index is 1.66. The van der Waals surface area contributed by atoms with Crippen molar-refractivity contribution in [2.45, 2.75) is 45.1 Å². The zero-order valence-electron chi connectivity index (χ0n) is 16.0. The topological polar surface area (TPSA) is 62.7 Å². The molecule has 5 nitrogen and oxygen atoms in total. The van der Waals surface area contributed by atoms with Gasteiger partial charge in [-0.1, -0.05) is 19.3 Å². The quantitative estimate of drug-likeness (QED) is 0.617. The number of pyridine rings is 1. The summed E-state index contributed by atoms with van der Waals surface area (Å²) in [7, 11) is 0. The van der Waals surface area contributed by atoms with Gasteiger partial charge in [0.2, 0.25) is 5.95 Å². The van der Waals surface area contributed by atoms with E-state index in [9.17, 15) is 4.39 Å². The van der Waals surface area contributed by atoms with Crippen molar-refractivity contribution in [1.82, 2.24) is 15.0 Å². The normalized spacial score (nSPS) is 14.6. The Labute approximate surface area is 164 Å². The number of aromatic nitrogens is 3. The Hall–Kier alpha value is -3.02. The number of rotatable bonds is 5. The number of hydrogen-bond acceptors (Lipinski definition) is 5. The van der Waals surface area contributed by atoms with E-state index in [-0.39, 0.29) is 5.82 Å². The van der Waals surface area contributed by atoms with Crippen molar-refractivity contribution >= 4 is 17.5 Å². The molecule has 0 aliphatic heterocycles. The van der Waals surface area contributed by atoms with E-state index in [2.05, 4.69) is 20.6 Å². The molecule has 0 atom stereocenters. The maximum absolute atomic E-state index is 13.4. The second kappa shape index (κ2) is 8.33. The fraction of sp³-hybridized carbons (Fsp3) is 0.318. The van der Waals surface area contributed by atoms with Crippen molar-refractivity contribution in [3.8, 4) is 11.3 Å². The van der Waals surface area contributed by atoms with Crippen LogP contribution in [-0.4, -0.2) is 21.0 Å². The highest BCUT2D eigenvalue weighted by Gasteiger charge is 2.16. The molecule has 1 aliphatic rings. The van der Waals surface area contributed by atoms with Crippen molar-refractivity contribution in [3.05, 3.63) is 60.2 Å². The highest BCUT2D eigenvalue weighted by atomic mass is 19.1. The molecule has 3 aromatic rings. The van der Waals surface area contributed by atoms with Gasteiger partial charge in [-0.2, -0.15) is 4.98 Å². The van der Waals surface area contributed by atoms with Gasteiger partial charge in [-0.3, -0.25) is 4.98 Å². The van der Waals surface area contributed by atoms with E-state index in [0.717, 1.165) is 35.3 Å². The van der Waals surface area contributed by atoms with Gasteiger partial charge in [0, 0.05) is 35.8 Å². The van der Waals surface area contributed by atoms with Gasteiger partial charge in [0.25, 0.3) is 0 Å². The molecule has 6 heteroatoms. The molecule has 0 radical (unpaired) electrons. The summed E-state index contributed by atoms with van der Waals surface area (Å²) in [5, 5.41) is 6.81. The molecule has 0 amide bonds. The third-order valence-corrected chi connectivity index (χ3v) is 5.07. The molecule has 28 heavy (non-hydrogen) atoms. The molecule has 2 heterocycles. The maximum atomic E-state index is 13.4. The molecular formula is C22H24FN5. The van der Waals surface area contributed by atoms with Gasteiger partial charge < -0.3 is 10.6 Å². The summed E-state index contributed by atoms with van der Waals surface area (Å²) < 4.78 is 13.4. The molecule has 4 rings (SSSR count). The summed E-state index contributed by atoms with van der Waals surface area (Å²) in [5.41, 5.74) is 3.36. The fourth-order valence-corrected chi connectivity index (χ4v) is 3.57. The van der Waals surface area contributed by atoms with Crippen molar-refractivity contribution in [2.75, 3.05) is 10.6 Å². The first-order valence-corrected chi connectivity index (χ1v) is 9.76. The van der Waals surface area contributed by atoms with Crippen LogP contribution in [0.15, 0.2) is 48.8 Å². The van der Waals surface area contributed by atoms with Gasteiger partial charge in [-0.25, -0.2) is 9.37 Å².